The first kappa shape index (κ1) is 12.5. The van der Waals surface area contributed by atoms with Crippen LogP contribution in [0, 0.1) is 0 Å². The third-order valence-electron chi connectivity index (χ3n) is 3.24. The molecule has 1 aromatic carbocycles. The third-order valence-corrected chi connectivity index (χ3v) is 3.24. The van der Waals surface area contributed by atoms with Crippen molar-refractivity contribution in [2.45, 2.75) is 24.7 Å². The molecule has 2 rings (SSSR count). The SMILES string of the molecule is OC1[C@H](O)CN(CCc2ccccc2)C[C@H]1O. The van der Waals surface area contributed by atoms with Crippen molar-refractivity contribution >= 4 is 0 Å². The van der Waals surface area contributed by atoms with Crippen molar-refractivity contribution in [2.75, 3.05) is 19.6 Å². The van der Waals surface area contributed by atoms with Gasteiger partial charge in [-0.15, -0.1) is 0 Å². The first-order chi connectivity index (χ1) is 8.16. The maximum Gasteiger partial charge on any atom is 0.108 e. The Balaban J connectivity index is 1.84. The summed E-state index contributed by atoms with van der Waals surface area (Å²) >= 11 is 0. The van der Waals surface area contributed by atoms with Gasteiger partial charge in [-0.3, -0.25) is 4.90 Å². The fourth-order valence-corrected chi connectivity index (χ4v) is 2.19. The average Bonchev–Trinajstić information content (AvgIpc) is 2.34. The highest BCUT2D eigenvalue weighted by Crippen LogP contribution is 2.12. The van der Waals surface area contributed by atoms with Crippen LogP contribution in [0.25, 0.3) is 0 Å². The van der Waals surface area contributed by atoms with Crippen LogP contribution in [-0.4, -0.2) is 58.2 Å². The monoisotopic (exact) mass is 237 g/mol. The van der Waals surface area contributed by atoms with E-state index in [4.69, 9.17) is 0 Å². The molecule has 0 unspecified atom stereocenters. The van der Waals surface area contributed by atoms with Gasteiger partial charge < -0.3 is 15.3 Å². The smallest absolute Gasteiger partial charge is 0.108 e. The number of likely N-dealkylation sites (tertiary alicyclic amines) is 1. The number of rotatable bonds is 3. The summed E-state index contributed by atoms with van der Waals surface area (Å²) in [6.45, 7) is 1.63. The zero-order valence-electron chi connectivity index (χ0n) is 9.74. The summed E-state index contributed by atoms with van der Waals surface area (Å²) in [5, 5.41) is 28.6. The molecule has 1 saturated heterocycles. The molecule has 0 radical (unpaired) electrons. The maximum absolute atomic E-state index is 9.56. The molecule has 3 N–H and O–H groups in total. The average molecular weight is 237 g/mol. The summed E-state index contributed by atoms with van der Waals surface area (Å²) in [6, 6.07) is 10.1. The summed E-state index contributed by atoms with van der Waals surface area (Å²) < 4.78 is 0. The van der Waals surface area contributed by atoms with Gasteiger partial charge in [0.05, 0.1) is 12.2 Å². The molecule has 0 aliphatic carbocycles. The van der Waals surface area contributed by atoms with Crippen LogP contribution in [-0.2, 0) is 6.42 Å². The number of hydrogen-bond donors (Lipinski definition) is 3. The molecule has 0 saturated carbocycles. The van der Waals surface area contributed by atoms with Gasteiger partial charge in [-0.2, -0.15) is 0 Å². The number of piperidine rings is 1. The number of β-amino-alcohol motifs (C(OH)–C–C–N with tert-alkyl or cyclic N) is 2. The Morgan fingerprint density at radius 2 is 1.59 bits per heavy atom. The number of aliphatic hydroxyl groups excluding tert-OH is 3. The van der Waals surface area contributed by atoms with E-state index >= 15 is 0 Å². The molecule has 1 fully saturated rings. The molecule has 1 aliphatic rings. The second-order valence-corrected chi connectivity index (χ2v) is 4.62. The zero-order chi connectivity index (χ0) is 12.3. The Kier molecular flexibility index (Phi) is 4.12. The van der Waals surface area contributed by atoms with Crippen LogP contribution in [0.2, 0.25) is 0 Å². The van der Waals surface area contributed by atoms with Gasteiger partial charge in [-0.25, -0.2) is 0 Å². The first-order valence-corrected chi connectivity index (χ1v) is 5.97. The molecule has 0 bridgehead atoms. The second kappa shape index (κ2) is 5.60. The number of benzene rings is 1. The van der Waals surface area contributed by atoms with Crippen molar-refractivity contribution < 1.29 is 15.3 Å². The van der Waals surface area contributed by atoms with Crippen LogP contribution in [0.1, 0.15) is 5.56 Å². The van der Waals surface area contributed by atoms with Gasteiger partial charge in [0.2, 0.25) is 0 Å². The first-order valence-electron chi connectivity index (χ1n) is 5.97. The van der Waals surface area contributed by atoms with Crippen LogP contribution < -0.4 is 0 Å². The third kappa shape index (κ3) is 3.26. The molecule has 1 aliphatic heterocycles. The van der Waals surface area contributed by atoms with Gasteiger partial charge in [0.1, 0.15) is 6.10 Å². The molecule has 4 nitrogen and oxygen atoms in total. The number of hydrogen-bond acceptors (Lipinski definition) is 4. The standard InChI is InChI=1S/C13H19NO3/c15-11-8-14(9-12(16)13(11)17)7-6-10-4-2-1-3-5-10/h1-5,11-13,15-17H,6-9H2/t11-,12-/m1/s1. The van der Waals surface area contributed by atoms with Gasteiger partial charge in [-0.1, -0.05) is 30.3 Å². The van der Waals surface area contributed by atoms with E-state index in [-0.39, 0.29) is 0 Å². The van der Waals surface area contributed by atoms with Crippen LogP contribution in [0.15, 0.2) is 30.3 Å². The summed E-state index contributed by atoms with van der Waals surface area (Å²) in [5.41, 5.74) is 1.24. The van der Waals surface area contributed by atoms with E-state index in [0.717, 1.165) is 13.0 Å². The Bertz CT molecular complexity index is 332. The Labute approximate surface area is 101 Å². The number of nitrogens with zero attached hydrogens (tertiary/aromatic N) is 1. The van der Waals surface area contributed by atoms with Crippen LogP contribution >= 0.6 is 0 Å². The maximum atomic E-state index is 9.56. The molecule has 4 heteroatoms. The quantitative estimate of drug-likeness (QED) is 0.671. The minimum absolute atomic E-state index is 0.422. The predicted molar refractivity (Wildman–Crippen MR) is 64.6 cm³/mol. The normalized spacial score (nSPS) is 27.2. The van der Waals surface area contributed by atoms with E-state index in [0.29, 0.717) is 13.1 Å². The molecule has 94 valence electrons. The van der Waals surface area contributed by atoms with Gasteiger partial charge in [-0.05, 0) is 12.0 Å². The summed E-state index contributed by atoms with van der Waals surface area (Å²) in [4.78, 5) is 1.98. The fourth-order valence-electron chi connectivity index (χ4n) is 2.19. The lowest BCUT2D eigenvalue weighted by Crippen LogP contribution is -2.55. The fraction of sp³-hybridized carbons (Fsp3) is 0.538. The predicted octanol–water partition coefficient (Wildman–Crippen LogP) is -0.373. The van der Waals surface area contributed by atoms with Gasteiger partial charge >= 0.3 is 0 Å². The van der Waals surface area contributed by atoms with E-state index in [9.17, 15) is 15.3 Å². The van der Waals surface area contributed by atoms with Crippen molar-refractivity contribution in [1.29, 1.82) is 0 Å². The molecular weight excluding hydrogens is 218 g/mol. The largest absolute Gasteiger partial charge is 0.389 e. The highest BCUT2D eigenvalue weighted by atomic mass is 16.4. The van der Waals surface area contributed by atoms with E-state index in [2.05, 4.69) is 12.1 Å². The molecule has 1 aromatic rings. The van der Waals surface area contributed by atoms with Crippen LogP contribution in [0.4, 0.5) is 0 Å². The summed E-state index contributed by atoms with van der Waals surface area (Å²) in [5.74, 6) is 0. The van der Waals surface area contributed by atoms with Crippen molar-refractivity contribution in [3.63, 3.8) is 0 Å². The van der Waals surface area contributed by atoms with Crippen molar-refractivity contribution in [3.05, 3.63) is 35.9 Å². The summed E-state index contributed by atoms with van der Waals surface area (Å²) in [6.07, 6.45) is -1.83. The molecular formula is C13H19NO3. The van der Waals surface area contributed by atoms with Gasteiger partial charge in [0.25, 0.3) is 0 Å². The summed E-state index contributed by atoms with van der Waals surface area (Å²) in [7, 11) is 0. The van der Waals surface area contributed by atoms with Gasteiger partial charge in [0, 0.05) is 19.6 Å². The lowest BCUT2D eigenvalue weighted by atomic mass is 10.0. The van der Waals surface area contributed by atoms with E-state index in [1.807, 2.05) is 23.1 Å². The Hall–Kier alpha value is -0.940. The molecule has 17 heavy (non-hydrogen) atoms. The zero-order valence-corrected chi connectivity index (χ0v) is 9.74. The van der Waals surface area contributed by atoms with Crippen molar-refractivity contribution in [3.8, 4) is 0 Å². The second-order valence-electron chi connectivity index (χ2n) is 4.62. The van der Waals surface area contributed by atoms with E-state index < -0.39 is 18.3 Å². The van der Waals surface area contributed by atoms with Crippen molar-refractivity contribution in [2.24, 2.45) is 0 Å². The Morgan fingerprint density at radius 1 is 1.00 bits per heavy atom. The molecule has 1 heterocycles. The minimum Gasteiger partial charge on any atom is -0.389 e. The van der Waals surface area contributed by atoms with Crippen molar-refractivity contribution in [1.82, 2.24) is 4.90 Å². The highest BCUT2D eigenvalue weighted by Gasteiger charge is 2.32. The number of aliphatic hydroxyl groups is 3. The highest BCUT2D eigenvalue weighted by molar-refractivity contribution is 5.14. The van der Waals surface area contributed by atoms with Gasteiger partial charge in [0.15, 0.2) is 0 Å². The Morgan fingerprint density at radius 3 is 2.18 bits per heavy atom. The topological polar surface area (TPSA) is 63.9 Å². The van der Waals surface area contributed by atoms with E-state index in [1.54, 1.807) is 0 Å². The minimum atomic E-state index is -1.01. The lowest BCUT2D eigenvalue weighted by molar-refractivity contribution is -0.109. The molecule has 0 spiro atoms. The molecule has 0 amide bonds. The lowest BCUT2D eigenvalue weighted by Gasteiger charge is -2.36. The van der Waals surface area contributed by atoms with Crippen LogP contribution in [0.3, 0.4) is 0 Å². The van der Waals surface area contributed by atoms with Crippen LogP contribution in [0.5, 0.6) is 0 Å². The van der Waals surface area contributed by atoms with E-state index in [1.165, 1.54) is 5.56 Å². The molecule has 2 atom stereocenters. The molecule has 0 aromatic heterocycles.